The molecular formula is C23H25ClN4O2S. The minimum Gasteiger partial charge on any atom is -0.345 e. The Kier molecular flexibility index (Phi) is 7.51. The zero-order chi connectivity index (χ0) is 22.5. The Hall–Kier alpha value is -2.64. The second kappa shape index (κ2) is 10.1. The highest BCUT2D eigenvalue weighted by atomic mass is 35.5. The van der Waals surface area contributed by atoms with Gasteiger partial charge in [-0.05, 0) is 44.0 Å². The molecule has 0 bridgehead atoms. The van der Waals surface area contributed by atoms with Crippen LogP contribution in [0.2, 0.25) is 5.02 Å². The molecule has 0 saturated heterocycles. The lowest BCUT2D eigenvalue weighted by atomic mass is 10.0. The van der Waals surface area contributed by atoms with Crippen molar-refractivity contribution in [2.45, 2.75) is 38.9 Å². The van der Waals surface area contributed by atoms with Gasteiger partial charge in [0.25, 0.3) is 0 Å². The van der Waals surface area contributed by atoms with E-state index >= 15 is 0 Å². The van der Waals surface area contributed by atoms with Gasteiger partial charge in [-0.25, -0.2) is 0 Å². The van der Waals surface area contributed by atoms with Crippen LogP contribution in [0.4, 0.5) is 0 Å². The number of aromatic nitrogens is 3. The molecule has 8 heteroatoms. The van der Waals surface area contributed by atoms with Crippen LogP contribution >= 0.6 is 23.4 Å². The van der Waals surface area contributed by atoms with E-state index in [9.17, 15) is 9.59 Å². The van der Waals surface area contributed by atoms with Gasteiger partial charge in [0.05, 0.1) is 11.8 Å². The van der Waals surface area contributed by atoms with Crippen molar-refractivity contribution >= 4 is 35.1 Å². The van der Waals surface area contributed by atoms with Crippen molar-refractivity contribution in [2.24, 2.45) is 5.92 Å². The van der Waals surface area contributed by atoms with Gasteiger partial charge in [0, 0.05) is 16.3 Å². The number of hydrogen-bond donors (Lipinski definition) is 1. The van der Waals surface area contributed by atoms with E-state index in [-0.39, 0.29) is 23.4 Å². The summed E-state index contributed by atoms with van der Waals surface area (Å²) >= 11 is 7.33. The summed E-state index contributed by atoms with van der Waals surface area (Å²) in [5.41, 5.74) is 2.91. The summed E-state index contributed by atoms with van der Waals surface area (Å²) in [7, 11) is 0. The third-order valence-electron chi connectivity index (χ3n) is 4.78. The molecule has 0 fully saturated rings. The summed E-state index contributed by atoms with van der Waals surface area (Å²) < 4.78 is 1.91. The van der Waals surface area contributed by atoms with Crippen LogP contribution in [0.1, 0.15) is 26.3 Å². The Balaban J connectivity index is 1.88. The second-order valence-electron chi connectivity index (χ2n) is 7.67. The normalized spacial score (nSPS) is 12.1. The quantitative estimate of drug-likeness (QED) is 0.496. The molecule has 3 aromatic rings. The minimum absolute atomic E-state index is 0.0253. The Morgan fingerprint density at radius 3 is 2.29 bits per heavy atom. The van der Waals surface area contributed by atoms with Gasteiger partial charge in [0.15, 0.2) is 16.8 Å². The van der Waals surface area contributed by atoms with Crippen molar-refractivity contribution in [3.05, 3.63) is 59.1 Å². The topological polar surface area (TPSA) is 76.9 Å². The van der Waals surface area contributed by atoms with E-state index in [1.165, 1.54) is 18.7 Å². The Morgan fingerprint density at radius 2 is 1.71 bits per heavy atom. The van der Waals surface area contributed by atoms with Crippen LogP contribution in [0.5, 0.6) is 0 Å². The molecule has 0 aliphatic carbocycles. The van der Waals surface area contributed by atoms with Crippen molar-refractivity contribution in [3.8, 4) is 17.1 Å². The van der Waals surface area contributed by atoms with Crippen molar-refractivity contribution in [1.29, 1.82) is 0 Å². The molecule has 1 aromatic heterocycles. The average molecular weight is 457 g/mol. The molecule has 2 aromatic carbocycles. The smallest absolute Gasteiger partial charge is 0.231 e. The number of carbonyl (C=O) groups is 2. The number of thioether (sulfide) groups is 1. The first-order chi connectivity index (χ1) is 14.8. The fourth-order valence-electron chi connectivity index (χ4n) is 3.16. The maximum atomic E-state index is 12.5. The summed E-state index contributed by atoms with van der Waals surface area (Å²) in [6.45, 7) is 7.33. The fourth-order valence-corrected chi connectivity index (χ4v) is 4.05. The number of rotatable bonds is 8. The number of aryl methyl sites for hydroxylation is 1. The SMILES string of the molecule is CC(=O)C(NC(=O)CSc1nnc(-c2ccc(C)cc2)n1-c1ccc(Cl)cc1)C(C)C. The first-order valence-electron chi connectivity index (χ1n) is 9.97. The van der Waals surface area contributed by atoms with Gasteiger partial charge in [0.1, 0.15) is 0 Å². The van der Waals surface area contributed by atoms with Gasteiger partial charge in [-0.2, -0.15) is 0 Å². The molecule has 162 valence electrons. The lowest BCUT2D eigenvalue weighted by Crippen LogP contribution is -2.44. The first-order valence-corrected chi connectivity index (χ1v) is 11.3. The van der Waals surface area contributed by atoms with E-state index in [0.717, 1.165) is 16.8 Å². The van der Waals surface area contributed by atoms with Crippen LogP contribution in [0.3, 0.4) is 0 Å². The second-order valence-corrected chi connectivity index (χ2v) is 9.05. The van der Waals surface area contributed by atoms with Crippen LogP contribution < -0.4 is 5.32 Å². The van der Waals surface area contributed by atoms with Gasteiger partial charge in [-0.3, -0.25) is 14.2 Å². The third-order valence-corrected chi connectivity index (χ3v) is 5.96. The Bertz CT molecular complexity index is 1060. The summed E-state index contributed by atoms with van der Waals surface area (Å²) in [6.07, 6.45) is 0. The number of amides is 1. The third kappa shape index (κ3) is 5.74. The number of hydrogen-bond acceptors (Lipinski definition) is 5. The van der Waals surface area contributed by atoms with Crippen LogP contribution in [0.25, 0.3) is 17.1 Å². The van der Waals surface area contributed by atoms with Crippen LogP contribution in [0, 0.1) is 12.8 Å². The van der Waals surface area contributed by atoms with Crippen molar-refractivity contribution in [2.75, 3.05) is 5.75 Å². The maximum Gasteiger partial charge on any atom is 0.231 e. The summed E-state index contributed by atoms with van der Waals surface area (Å²) in [6, 6.07) is 14.9. The van der Waals surface area contributed by atoms with Gasteiger partial charge in [-0.15, -0.1) is 10.2 Å². The molecule has 6 nitrogen and oxygen atoms in total. The molecule has 3 rings (SSSR count). The van der Waals surface area contributed by atoms with Gasteiger partial charge < -0.3 is 5.32 Å². The number of nitrogens with zero attached hydrogens (tertiary/aromatic N) is 3. The van der Waals surface area contributed by atoms with Crippen molar-refractivity contribution in [1.82, 2.24) is 20.1 Å². The van der Waals surface area contributed by atoms with Crippen LogP contribution in [-0.4, -0.2) is 38.2 Å². The molecular weight excluding hydrogens is 432 g/mol. The molecule has 0 radical (unpaired) electrons. The van der Waals surface area contributed by atoms with E-state index in [0.29, 0.717) is 16.0 Å². The zero-order valence-electron chi connectivity index (χ0n) is 17.9. The fraction of sp³-hybridized carbons (Fsp3) is 0.304. The molecule has 1 N–H and O–H groups in total. The predicted molar refractivity (Wildman–Crippen MR) is 125 cm³/mol. The predicted octanol–water partition coefficient (Wildman–Crippen LogP) is 4.72. The standard InChI is InChI=1S/C23H25ClN4O2S/c1-14(2)21(16(4)29)25-20(30)13-31-23-27-26-22(17-7-5-15(3)6-8-17)28(23)19-11-9-18(24)10-12-19/h5-12,14,21H,13H2,1-4H3,(H,25,30). The Labute approximate surface area is 191 Å². The lowest BCUT2D eigenvalue weighted by Gasteiger charge is -2.19. The van der Waals surface area contributed by atoms with E-state index in [1.54, 1.807) is 12.1 Å². The van der Waals surface area contributed by atoms with Gasteiger partial charge >= 0.3 is 0 Å². The molecule has 1 heterocycles. The number of Topliss-reactive ketones (excluding diaryl/α,β-unsaturated/α-hetero) is 1. The number of nitrogens with one attached hydrogen (secondary N) is 1. The van der Waals surface area contributed by atoms with E-state index in [4.69, 9.17) is 11.6 Å². The summed E-state index contributed by atoms with van der Waals surface area (Å²) in [5.74, 6) is 0.544. The highest BCUT2D eigenvalue weighted by Crippen LogP contribution is 2.28. The lowest BCUT2D eigenvalue weighted by molar-refractivity contribution is -0.126. The molecule has 31 heavy (non-hydrogen) atoms. The molecule has 1 amide bonds. The van der Waals surface area contributed by atoms with Crippen molar-refractivity contribution in [3.63, 3.8) is 0 Å². The largest absolute Gasteiger partial charge is 0.345 e. The van der Waals surface area contributed by atoms with Crippen LogP contribution in [-0.2, 0) is 9.59 Å². The van der Waals surface area contributed by atoms with E-state index < -0.39 is 6.04 Å². The number of ketones is 1. The Morgan fingerprint density at radius 1 is 1.06 bits per heavy atom. The molecule has 0 aliphatic heterocycles. The summed E-state index contributed by atoms with van der Waals surface area (Å²) in [4.78, 5) is 24.3. The monoisotopic (exact) mass is 456 g/mol. The van der Waals surface area contributed by atoms with Crippen molar-refractivity contribution < 1.29 is 9.59 Å². The highest BCUT2D eigenvalue weighted by Gasteiger charge is 2.22. The summed E-state index contributed by atoms with van der Waals surface area (Å²) in [5, 5.41) is 12.7. The van der Waals surface area contributed by atoms with E-state index in [1.807, 2.05) is 61.7 Å². The first kappa shape index (κ1) is 23.0. The minimum atomic E-state index is -0.495. The van der Waals surface area contributed by atoms with E-state index in [2.05, 4.69) is 15.5 Å². The number of benzene rings is 2. The number of carbonyl (C=O) groups excluding carboxylic acids is 2. The zero-order valence-corrected chi connectivity index (χ0v) is 19.5. The van der Waals surface area contributed by atoms with Crippen LogP contribution in [0.15, 0.2) is 53.7 Å². The highest BCUT2D eigenvalue weighted by molar-refractivity contribution is 7.99. The molecule has 0 aliphatic rings. The maximum absolute atomic E-state index is 12.5. The average Bonchev–Trinajstić information content (AvgIpc) is 3.15. The molecule has 0 spiro atoms. The molecule has 0 saturated carbocycles. The molecule has 1 atom stereocenters. The van der Waals surface area contributed by atoms with Gasteiger partial charge in [-0.1, -0.05) is 67.0 Å². The molecule has 1 unspecified atom stereocenters. The number of halogens is 1. The van der Waals surface area contributed by atoms with Gasteiger partial charge in [0.2, 0.25) is 5.91 Å².